The van der Waals surface area contributed by atoms with E-state index in [1.54, 1.807) is 0 Å². The zero-order chi connectivity index (χ0) is 47.7. The lowest BCUT2D eigenvalue weighted by molar-refractivity contribution is 0.968. The van der Waals surface area contributed by atoms with Crippen LogP contribution in [0.1, 0.15) is 32.3 Å². The fraction of sp³-hybridized carbons (Fsp3) is 0.0794. The minimum absolute atomic E-state index is 0.560. The van der Waals surface area contributed by atoms with Gasteiger partial charge in [-0.15, -0.1) is 0 Å². The molecule has 12 aromatic rings. The molecule has 13 rings (SSSR count). The van der Waals surface area contributed by atoms with Crippen LogP contribution in [0.2, 0.25) is 0 Å². The average Bonchev–Trinajstić information content (AvgIpc) is 4.14. The van der Waals surface area contributed by atoms with E-state index in [-0.39, 0.29) is 0 Å². The molecule has 7 aromatic carbocycles. The Morgan fingerprint density at radius 1 is 0.521 bits per heavy atom. The van der Waals surface area contributed by atoms with Gasteiger partial charge in [0.15, 0.2) is 11.7 Å². The third-order valence-corrected chi connectivity index (χ3v) is 14.2. The maximum Gasteiger partial charge on any atom is 0.163 e. The number of para-hydroxylation sites is 6. The molecule has 0 bridgehead atoms. The molecule has 1 aliphatic rings. The first kappa shape index (κ1) is 42.0. The minimum Gasteiger partial charge on any atom is -0.307 e. The van der Waals surface area contributed by atoms with Crippen LogP contribution in [-0.4, -0.2) is 47.3 Å². The third kappa shape index (κ3) is 6.17. The Hall–Kier alpha value is -9.14. The molecule has 0 saturated heterocycles. The molecule has 0 unspecified atom stereocenters. The zero-order valence-electron chi connectivity index (χ0n) is 39.8. The monoisotopic (exact) mass is 916 g/mol. The summed E-state index contributed by atoms with van der Waals surface area (Å²) < 4.78 is 9.80. The lowest BCUT2D eigenvalue weighted by Crippen LogP contribution is -2.33. The molecule has 340 valence electrons. The standard InChI is InChI=1S/C63H48N8/c1-5-7-30-48-40(3)41-23-8-15-31-49(41)68(48)60-57(63-66-38-22-39-67-63)61(71-54-36-20-13-28-46(54)47-29-14-21-37-55(47)71)59(70-52-34-18-11-26-44(52)45-27-12-19-35-53(45)70)56(62(64-4)65-6-2)58(60)69-50-32-16-9-24-42(50)43-25-10-17-33-51(43)69/h5-11,13-18,20-39H,3,12,19H2,1-2,4H3/b7-5-,48-30+,64-62?,65-6?. The number of amidine groups is 1. The summed E-state index contributed by atoms with van der Waals surface area (Å²) in [6, 6.07) is 54.2. The van der Waals surface area contributed by atoms with Crippen molar-refractivity contribution in [3.8, 4) is 34.1 Å². The van der Waals surface area contributed by atoms with Gasteiger partial charge in [0.25, 0.3) is 0 Å². The quantitative estimate of drug-likeness (QED) is 0.118. The highest BCUT2D eigenvalue weighted by molar-refractivity contribution is 6.18. The van der Waals surface area contributed by atoms with Gasteiger partial charge >= 0.3 is 0 Å². The van der Waals surface area contributed by atoms with E-state index in [9.17, 15) is 0 Å². The van der Waals surface area contributed by atoms with Crippen molar-refractivity contribution in [3.05, 3.63) is 203 Å². The second kappa shape index (κ2) is 16.8. The van der Waals surface area contributed by atoms with Crippen LogP contribution in [0.3, 0.4) is 0 Å². The highest BCUT2D eigenvalue weighted by Crippen LogP contribution is 2.49. The molecule has 5 heterocycles. The van der Waals surface area contributed by atoms with E-state index in [4.69, 9.17) is 26.5 Å². The molecular weight excluding hydrogens is 869 g/mol. The van der Waals surface area contributed by atoms with Crippen molar-refractivity contribution in [2.24, 2.45) is 9.98 Å². The Balaban J connectivity index is 1.47. The van der Waals surface area contributed by atoms with Gasteiger partial charge in [0.05, 0.1) is 72.3 Å². The summed E-state index contributed by atoms with van der Waals surface area (Å²) in [5.74, 6) is 1.13. The molecule has 0 radical (unpaired) electrons. The van der Waals surface area contributed by atoms with Crippen molar-refractivity contribution in [3.63, 3.8) is 0 Å². The number of hydrogen-bond acceptors (Lipinski definition) is 3. The zero-order valence-corrected chi connectivity index (χ0v) is 39.8. The van der Waals surface area contributed by atoms with E-state index in [0.29, 0.717) is 11.7 Å². The lowest BCUT2D eigenvalue weighted by atomic mass is 9.96. The summed E-state index contributed by atoms with van der Waals surface area (Å²) in [4.78, 5) is 21.2. The van der Waals surface area contributed by atoms with Crippen molar-refractivity contribution in [1.29, 1.82) is 0 Å². The number of hydrogen-bond donors (Lipinski definition) is 0. The van der Waals surface area contributed by atoms with E-state index in [2.05, 4.69) is 201 Å². The van der Waals surface area contributed by atoms with Gasteiger partial charge in [0, 0.05) is 73.8 Å². The molecule has 0 spiro atoms. The molecule has 5 aromatic heterocycles. The van der Waals surface area contributed by atoms with E-state index in [1.165, 1.54) is 10.6 Å². The molecule has 71 heavy (non-hydrogen) atoms. The van der Waals surface area contributed by atoms with Gasteiger partial charge in [-0.05, 0) is 75.2 Å². The van der Waals surface area contributed by atoms with Crippen LogP contribution in [0.25, 0.3) is 124 Å². The van der Waals surface area contributed by atoms with Crippen LogP contribution in [-0.2, 0) is 0 Å². The summed E-state index contributed by atoms with van der Waals surface area (Å²) in [6.45, 7) is 8.88. The molecule has 0 N–H and O–H groups in total. The average molecular weight is 917 g/mol. The Morgan fingerprint density at radius 3 is 1.51 bits per heavy atom. The van der Waals surface area contributed by atoms with Crippen LogP contribution in [0.15, 0.2) is 186 Å². The second-order valence-electron chi connectivity index (χ2n) is 17.9. The first-order valence-corrected chi connectivity index (χ1v) is 24.3. The fourth-order valence-corrected chi connectivity index (χ4v) is 11.4. The molecule has 1 aliphatic carbocycles. The van der Waals surface area contributed by atoms with Gasteiger partial charge in [0.2, 0.25) is 0 Å². The summed E-state index contributed by atoms with van der Waals surface area (Å²) in [6.07, 6.45) is 18.6. The van der Waals surface area contributed by atoms with E-state index in [0.717, 1.165) is 123 Å². The molecule has 8 heteroatoms. The molecular formula is C63H48N8. The first-order chi connectivity index (χ1) is 35.1. The Bertz CT molecular complexity index is 4410. The number of fused-ring (bicyclic) bond motifs is 10. The van der Waals surface area contributed by atoms with Gasteiger partial charge in [0.1, 0.15) is 0 Å². The molecule has 0 aliphatic heterocycles. The van der Waals surface area contributed by atoms with E-state index >= 15 is 0 Å². The second-order valence-corrected chi connectivity index (χ2v) is 17.9. The smallest absolute Gasteiger partial charge is 0.163 e. The van der Waals surface area contributed by atoms with E-state index in [1.807, 2.05) is 38.6 Å². The number of allylic oxidation sites excluding steroid dienone is 2. The SMILES string of the molecule is C=c1/c(=C\C=C/C)n(-c2c(-c3ncccn3)c(-n3c4ccccc4c4ccccc43)c(-n3c4c(c5ccccc53)=CCCC=4)c(C(N=CC)=NC)c2-n2c3ccccc3c3ccccc32)c2ccccc12. The fourth-order valence-electron chi connectivity index (χ4n) is 11.4. The lowest BCUT2D eigenvalue weighted by Gasteiger charge is -2.30. The predicted octanol–water partition coefficient (Wildman–Crippen LogP) is 11.8. The number of nitrogens with zero attached hydrogens (tertiary/aromatic N) is 8. The predicted molar refractivity (Wildman–Crippen MR) is 298 cm³/mol. The number of benzene rings is 7. The minimum atomic E-state index is 0.560. The van der Waals surface area contributed by atoms with Crippen LogP contribution in [0.5, 0.6) is 0 Å². The molecule has 8 nitrogen and oxygen atoms in total. The summed E-state index contributed by atoms with van der Waals surface area (Å²) in [5, 5.41) is 10.9. The Kier molecular flexibility index (Phi) is 9.95. The van der Waals surface area contributed by atoms with Crippen molar-refractivity contribution < 1.29 is 0 Å². The highest BCUT2D eigenvalue weighted by atomic mass is 15.1. The first-order valence-electron chi connectivity index (χ1n) is 24.3. The van der Waals surface area contributed by atoms with Gasteiger partial charge in [-0.1, -0.05) is 140 Å². The molecule has 0 atom stereocenters. The van der Waals surface area contributed by atoms with Crippen LogP contribution < -0.4 is 21.1 Å². The van der Waals surface area contributed by atoms with Gasteiger partial charge in [-0.3, -0.25) is 4.99 Å². The molecule has 0 saturated carbocycles. The molecule has 0 fully saturated rings. The maximum atomic E-state index is 5.33. The Labute approximate surface area is 409 Å². The number of aromatic nitrogens is 6. The van der Waals surface area contributed by atoms with E-state index < -0.39 is 0 Å². The Morgan fingerprint density at radius 2 is 0.972 bits per heavy atom. The highest BCUT2D eigenvalue weighted by Gasteiger charge is 2.36. The van der Waals surface area contributed by atoms with Crippen LogP contribution in [0.4, 0.5) is 0 Å². The number of aliphatic imine (C=N–C) groups is 2. The topological polar surface area (TPSA) is 70.2 Å². The summed E-state index contributed by atoms with van der Waals surface area (Å²) >= 11 is 0. The van der Waals surface area contributed by atoms with Crippen LogP contribution in [0, 0.1) is 0 Å². The maximum absolute atomic E-state index is 5.33. The van der Waals surface area contributed by atoms with Crippen molar-refractivity contribution in [1.82, 2.24) is 28.2 Å². The van der Waals surface area contributed by atoms with Gasteiger partial charge < -0.3 is 18.3 Å². The summed E-state index contributed by atoms with van der Waals surface area (Å²) in [7, 11) is 1.86. The van der Waals surface area contributed by atoms with Crippen molar-refractivity contribution in [2.75, 3.05) is 7.05 Å². The normalized spacial score (nSPS) is 13.5. The largest absolute Gasteiger partial charge is 0.307 e. The number of rotatable bonds is 7. The summed E-state index contributed by atoms with van der Waals surface area (Å²) in [5.41, 5.74) is 11.4. The third-order valence-electron chi connectivity index (χ3n) is 14.2. The molecule has 0 amide bonds. The van der Waals surface area contributed by atoms with Crippen molar-refractivity contribution in [2.45, 2.75) is 26.7 Å². The van der Waals surface area contributed by atoms with Gasteiger partial charge in [-0.2, -0.15) is 0 Å². The van der Waals surface area contributed by atoms with Crippen LogP contribution >= 0.6 is 0 Å². The van der Waals surface area contributed by atoms with Gasteiger partial charge in [-0.25, -0.2) is 15.0 Å². The van der Waals surface area contributed by atoms with Crippen molar-refractivity contribution >= 4 is 102 Å².